The summed E-state index contributed by atoms with van der Waals surface area (Å²) >= 11 is 0. The van der Waals surface area contributed by atoms with Crippen LogP contribution >= 0.6 is 0 Å². The summed E-state index contributed by atoms with van der Waals surface area (Å²) in [4.78, 5) is 14.3. The molecule has 4 rings (SSSR count). The van der Waals surface area contributed by atoms with Crippen molar-refractivity contribution in [2.24, 2.45) is 0 Å². The fourth-order valence-electron chi connectivity index (χ4n) is 3.73. The van der Waals surface area contributed by atoms with E-state index in [0.717, 1.165) is 50.2 Å². The average Bonchev–Trinajstić information content (AvgIpc) is 3.32. The molecule has 2 aromatic carbocycles. The van der Waals surface area contributed by atoms with Crippen LogP contribution in [0, 0.1) is 0 Å². The van der Waals surface area contributed by atoms with Crippen LogP contribution in [0.15, 0.2) is 48.5 Å². The Hall–Kier alpha value is -2.53. The molecule has 0 saturated carbocycles. The van der Waals surface area contributed by atoms with Gasteiger partial charge in [-0.05, 0) is 61.6 Å². The molecule has 2 heterocycles. The van der Waals surface area contributed by atoms with Crippen molar-refractivity contribution in [1.29, 1.82) is 0 Å². The molecule has 2 aliphatic heterocycles. The molecule has 0 aromatic heterocycles. The highest BCUT2D eigenvalue weighted by Crippen LogP contribution is 2.34. The van der Waals surface area contributed by atoms with Crippen LogP contribution in [-0.4, -0.2) is 31.8 Å². The first-order chi connectivity index (χ1) is 12.8. The summed E-state index contributed by atoms with van der Waals surface area (Å²) in [5.41, 5.74) is 4.62. The SMILES string of the molecule is O=C(NCCC1CCCO1)Nc1ccc(N2CCc3ccccc32)cc1. The van der Waals surface area contributed by atoms with Crippen molar-refractivity contribution in [3.05, 3.63) is 54.1 Å². The third-order valence-electron chi connectivity index (χ3n) is 5.10. The van der Waals surface area contributed by atoms with Crippen molar-refractivity contribution in [2.45, 2.75) is 31.8 Å². The van der Waals surface area contributed by atoms with Gasteiger partial charge in [0, 0.05) is 36.8 Å². The van der Waals surface area contributed by atoms with Crippen LogP contribution in [-0.2, 0) is 11.2 Å². The lowest BCUT2D eigenvalue weighted by Gasteiger charge is -2.20. The van der Waals surface area contributed by atoms with E-state index in [9.17, 15) is 4.79 Å². The largest absolute Gasteiger partial charge is 0.378 e. The number of carbonyl (C=O) groups excluding carboxylic acids is 1. The molecule has 1 unspecified atom stereocenters. The van der Waals surface area contributed by atoms with Crippen LogP contribution in [0.2, 0.25) is 0 Å². The maximum Gasteiger partial charge on any atom is 0.319 e. The molecule has 1 fully saturated rings. The summed E-state index contributed by atoms with van der Waals surface area (Å²) < 4.78 is 5.56. The number of hydrogen-bond acceptors (Lipinski definition) is 3. The molecule has 1 saturated heterocycles. The molecular formula is C21H25N3O2. The lowest BCUT2D eigenvalue weighted by atomic mass is 10.2. The van der Waals surface area contributed by atoms with Gasteiger partial charge in [0.1, 0.15) is 0 Å². The Morgan fingerprint density at radius 2 is 2.00 bits per heavy atom. The number of benzene rings is 2. The van der Waals surface area contributed by atoms with Crippen molar-refractivity contribution in [3.63, 3.8) is 0 Å². The predicted molar refractivity (Wildman–Crippen MR) is 104 cm³/mol. The van der Waals surface area contributed by atoms with Gasteiger partial charge in [0.15, 0.2) is 0 Å². The van der Waals surface area contributed by atoms with Crippen molar-refractivity contribution in [3.8, 4) is 0 Å². The topological polar surface area (TPSA) is 53.6 Å². The molecule has 2 aromatic rings. The van der Waals surface area contributed by atoms with Crippen molar-refractivity contribution in [2.75, 3.05) is 29.9 Å². The molecule has 2 aliphatic rings. The number of anilines is 3. The van der Waals surface area contributed by atoms with E-state index in [1.807, 2.05) is 12.1 Å². The van der Waals surface area contributed by atoms with E-state index in [1.54, 1.807) is 0 Å². The zero-order chi connectivity index (χ0) is 17.8. The quantitative estimate of drug-likeness (QED) is 0.854. The van der Waals surface area contributed by atoms with Gasteiger partial charge >= 0.3 is 6.03 Å². The predicted octanol–water partition coefficient (Wildman–Crippen LogP) is 4.07. The number of carbonyl (C=O) groups is 1. The minimum Gasteiger partial charge on any atom is -0.378 e. The molecule has 0 spiro atoms. The van der Waals surface area contributed by atoms with E-state index in [1.165, 1.54) is 11.3 Å². The molecule has 0 bridgehead atoms. The summed E-state index contributed by atoms with van der Waals surface area (Å²) in [5.74, 6) is 0. The number of rotatable bonds is 5. The summed E-state index contributed by atoms with van der Waals surface area (Å²) in [6, 6.07) is 16.4. The summed E-state index contributed by atoms with van der Waals surface area (Å²) in [6.07, 6.45) is 4.48. The Balaban J connectivity index is 1.30. The van der Waals surface area contributed by atoms with Crippen molar-refractivity contribution >= 4 is 23.1 Å². The zero-order valence-electron chi connectivity index (χ0n) is 14.9. The van der Waals surface area contributed by atoms with Crippen molar-refractivity contribution in [1.82, 2.24) is 5.32 Å². The molecule has 0 aliphatic carbocycles. The van der Waals surface area contributed by atoms with Crippen LogP contribution in [0.1, 0.15) is 24.8 Å². The molecule has 5 heteroatoms. The van der Waals surface area contributed by atoms with E-state index in [-0.39, 0.29) is 6.03 Å². The number of hydrogen-bond donors (Lipinski definition) is 2. The monoisotopic (exact) mass is 351 g/mol. The van der Waals surface area contributed by atoms with Crippen LogP contribution < -0.4 is 15.5 Å². The highest BCUT2D eigenvalue weighted by atomic mass is 16.5. The van der Waals surface area contributed by atoms with E-state index >= 15 is 0 Å². The van der Waals surface area contributed by atoms with E-state index in [0.29, 0.717) is 12.6 Å². The Kier molecular flexibility index (Phi) is 5.07. The third-order valence-corrected chi connectivity index (χ3v) is 5.10. The second kappa shape index (κ2) is 7.79. The number of urea groups is 1. The lowest BCUT2D eigenvalue weighted by molar-refractivity contribution is 0.105. The fraction of sp³-hybridized carbons (Fsp3) is 0.381. The molecule has 2 amide bonds. The second-order valence-corrected chi connectivity index (χ2v) is 6.88. The number of nitrogens with one attached hydrogen (secondary N) is 2. The zero-order valence-corrected chi connectivity index (χ0v) is 14.9. The number of fused-ring (bicyclic) bond motifs is 1. The van der Waals surface area contributed by atoms with Gasteiger partial charge < -0.3 is 20.3 Å². The Bertz CT molecular complexity index is 754. The molecule has 26 heavy (non-hydrogen) atoms. The first-order valence-electron chi connectivity index (χ1n) is 9.41. The molecular weight excluding hydrogens is 326 g/mol. The highest BCUT2D eigenvalue weighted by molar-refractivity contribution is 5.89. The third kappa shape index (κ3) is 3.83. The van der Waals surface area contributed by atoms with Gasteiger partial charge in [-0.1, -0.05) is 18.2 Å². The lowest BCUT2D eigenvalue weighted by Crippen LogP contribution is -2.31. The summed E-state index contributed by atoms with van der Waals surface area (Å²) in [5, 5.41) is 5.80. The van der Waals surface area contributed by atoms with Gasteiger partial charge in [0.2, 0.25) is 0 Å². The number of nitrogens with zero attached hydrogens (tertiary/aromatic N) is 1. The van der Waals surface area contributed by atoms with E-state index < -0.39 is 0 Å². The maximum atomic E-state index is 12.0. The van der Waals surface area contributed by atoms with Crippen LogP contribution in [0.25, 0.3) is 0 Å². The maximum absolute atomic E-state index is 12.0. The van der Waals surface area contributed by atoms with Crippen LogP contribution in [0.5, 0.6) is 0 Å². The molecule has 0 radical (unpaired) electrons. The van der Waals surface area contributed by atoms with Gasteiger partial charge in [0.25, 0.3) is 0 Å². The second-order valence-electron chi connectivity index (χ2n) is 6.88. The smallest absolute Gasteiger partial charge is 0.319 e. The normalized spacial score (nSPS) is 18.6. The average molecular weight is 351 g/mol. The minimum atomic E-state index is -0.165. The van der Waals surface area contributed by atoms with E-state index in [4.69, 9.17) is 4.74 Å². The van der Waals surface area contributed by atoms with E-state index in [2.05, 4.69) is 51.9 Å². The summed E-state index contributed by atoms with van der Waals surface area (Å²) in [6.45, 7) is 2.49. The highest BCUT2D eigenvalue weighted by Gasteiger charge is 2.19. The standard InChI is InChI=1S/C21H25N3O2/c25-21(22-13-11-19-5-3-15-26-19)23-17-7-9-18(10-8-17)24-14-12-16-4-1-2-6-20(16)24/h1-2,4,6-10,19H,3,5,11-15H2,(H2,22,23,25). The van der Waals surface area contributed by atoms with Crippen molar-refractivity contribution < 1.29 is 9.53 Å². The molecule has 5 nitrogen and oxygen atoms in total. The molecule has 136 valence electrons. The van der Waals surface area contributed by atoms with Gasteiger partial charge in [-0.2, -0.15) is 0 Å². The van der Waals surface area contributed by atoms with Crippen LogP contribution in [0.3, 0.4) is 0 Å². The Labute approximate surface area is 154 Å². The number of para-hydroxylation sites is 1. The molecule has 1 atom stereocenters. The molecule has 2 N–H and O–H groups in total. The summed E-state index contributed by atoms with van der Waals surface area (Å²) in [7, 11) is 0. The van der Waals surface area contributed by atoms with Gasteiger partial charge in [-0.15, -0.1) is 0 Å². The minimum absolute atomic E-state index is 0.165. The van der Waals surface area contributed by atoms with Gasteiger partial charge in [0.05, 0.1) is 6.10 Å². The first-order valence-corrected chi connectivity index (χ1v) is 9.41. The van der Waals surface area contributed by atoms with Gasteiger partial charge in [-0.25, -0.2) is 4.79 Å². The van der Waals surface area contributed by atoms with Crippen LogP contribution in [0.4, 0.5) is 21.9 Å². The fourth-order valence-corrected chi connectivity index (χ4v) is 3.73. The number of amides is 2. The van der Waals surface area contributed by atoms with Gasteiger partial charge in [-0.3, -0.25) is 0 Å². The Morgan fingerprint density at radius 3 is 2.81 bits per heavy atom. The Morgan fingerprint density at radius 1 is 1.15 bits per heavy atom. The first kappa shape index (κ1) is 16.9. The number of ether oxygens (including phenoxy) is 1.